The molecule has 0 saturated carbocycles. The summed E-state index contributed by atoms with van der Waals surface area (Å²) < 4.78 is 5.25. The van der Waals surface area contributed by atoms with E-state index in [1.54, 1.807) is 11.8 Å². The van der Waals surface area contributed by atoms with E-state index in [2.05, 4.69) is 0 Å². The summed E-state index contributed by atoms with van der Waals surface area (Å²) in [4.78, 5) is 11.7. The van der Waals surface area contributed by atoms with Gasteiger partial charge in [0.25, 0.3) is 0 Å². The van der Waals surface area contributed by atoms with Crippen molar-refractivity contribution in [3.8, 4) is 0 Å². The second kappa shape index (κ2) is 2.41. The highest BCUT2D eigenvalue weighted by Gasteiger charge is 2.22. The number of hydrogen-bond acceptors (Lipinski definition) is 3. The van der Waals surface area contributed by atoms with E-state index in [4.69, 9.17) is 4.42 Å². The standard InChI is InChI=1S/C8H8O2S/c1-5-8-6(2-3-11-8)7(4-9)10-5/h4H,2-3H2,1H3. The average molecular weight is 168 g/mol. The number of fused-ring (bicyclic) bond motifs is 1. The molecule has 0 radical (unpaired) electrons. The Morgan fingerprint density at radius 3 is 3.18 bits per heavy atom. The van der Waals surface area contributed by atoms with Gasteiger partial charge in [-0.05, 0) is 13.3 Å². The zero-order chi connectivity index (χ0) is 7.84. The van der Waals surface area contributed by atoms with Gasteiger partial charge in [0.05, 0.1) is 4.90 Å². The molecule has 0 aliphatic carbocycles. The van der Waals surface area contributed by atoms with Crippen molar-refractivity contribution in [2.75, 3.05) is 5.75 Å². The Bertz CT molecular complexity index is 301. The van der Waals surface area contributed by atoms with Crippen LogP contribution < -0.4 is 0 Å². The highest BCUT2D eigenvalue weighted by molar-refractivity contribution is 7.99. The van der Waals surface area contributed by atoms with Crippen molar-refractivity contribution in [3.63, 3.8) is 0 Å². The highest BCUT2D eigenvalue weighted by atomic mass is 32.2. The van der Waals surface area contributed by atoms with Gasteiger partial charge in [0.15, 0.2) is 12.0 Å². The van der Waals surface area contributed by atoms with E-state index in [-0.39, 0.29) is 0 Å². The molecule has 0 fully saturated rings. The summed E-state index contributed by atoms with van der Waals surface area (Å²) in [6.07, 6.45) is 1.78. The highest BCUT2D eigenvalue weighted by Crippen LogP contribution is 2.37. The van der Waals surface area contributed by atoms with E-state index in [9.17, 15) is 4.79 Å². The van der Waals surface area contributed by atoms with Gasteiger partial charge in [0.2, 0.25) is 0 Å². The molecule has 0 unspecified atom stereocenters. The molecule has 0 saturated heterocycles. The van der Waals surface area contributed by atoms with Gasteiger partial charge in [-0.15, -0.1) is 11.8 Å². The van der Waals surface area contributed by atoms with Crippen molar-refractivity contribution >= 4 is 18.0 Å². The van der Waals surface area contributed by atoms with E-state index in [1.165, 1.54) is 4.90 Å². The Morgan fingerprint density at radius 2 is 2.45 bits per heavy atom. The third-order valence-electron chi connectivity index (χ3n) is 1.86. The Morgan fingerprint density at radius 1 is 1.64 bits per heavy atom. The van der Waals surface area contributed by atoms with Crippen molar-refractivity contribution in [1.82, 2.24) is 0 Å². The first kappa shape index (κ1) is 6.98. The lowest BCUT2D eigenvalue weighted by molar-refractivity contribution is 0.109. The molecule has 1 aromatic heterocycles. The minimum absolute atomic E-state index is 0.530. The first-order valence-corrected chi connectivity index (χ1v) is 4.51. The zero-order valence-corrected chi connectivity index (χ0v) is 7.03. The monoisotopic (exact) mass is 168 g/mol. The lowest BCUT2D eigenvalue weighted by Gasteiger charge is -1.86. The van der Waals surface area contributed by atoms with Crippen LogP contribution in [0, 0.1) is 6.92 Å². The predicted octanol–water partition coefficient (Wildman–Crippen LogP) is 2.05. The van der Waals surface area contributed by atoms with Crippen molar-refractivity contribution in [1.29, 1.82) is 0 Å². The van der Waals surface area contributed by atoms with Crippen LogP contribution in [0.2, 0.25) is 0 Å². The minimum Gasteiger partial charge on any atom is -0.457 e. The molecule has 2 rings (SSSR count). The molecule has 0 aromatic carbocycles. The maximum atomic E-state index is 10.5. The molecule has 1 aliphatic heterocycles. The number of aryl methyl sites for hydroxylation is 1. The summed E-state index contributed by atoms with van der Waals surface area (Å²) in [5, 5.41) is 0. The van der Waals surface area contributed by atoms with Gasteiger partial charge in [0, 0.05) is 11.3 Å². The third-order valence-corrected chi connectivity index (χ3v) is 3.09. The van der Waals surface area contributed by atoms with E-state index < -0.39 is 0 Å². The summed E-state index contributed by atoms with van der Waals surface area (Å²) in [7, 11) is 0. The summed E-state index contributed by atoms with van der Waals surface area (Å²) in [5.41, 5.74) is 1.11. The van der Waals surface area contributed by atoms with Crippen molar-refractivity contribution in [3.05, 3.63) is 17.1 Å². The van der Waals surface area contributed by atoms with E-state index >= 15 is 0 Å². The Hall–Kier alpha value is -0.700. The quantitative estimate of drug-likeness (QED) is 0.601. The minimum atomic E-state index is 0.530. The Balaban J connectivity index is 2.60. The first-order valence-electron chi connectivity index (χ1n) is 3.53. The molecule has 0 amide bonds. The number of carbonyl (C=O) groups excluding carboxylic acids is 1. The maximum absolute atomic E-state index is 10.5. The van der Waals surface area contributed by atoms with Gasteiger partial charge in [-0.3, -0.25) is 4.79 Å². The van der Waals surface area contributed by atoms with Crippen LogP contribution in [0.1, 0.15) is 21.9 Å². The largest absolute Gasteiger partial charge is 0.457 e. The molecule has 1 aliphatic rings. The molecular weight excluding hydrogens is 160 g/mol. The Labute approximate surface area is 69.0 Å². The van der Waals surface area contributed by atoms with Gasteiger partial charge in [-0.25, -0.2) is 0 Å². The zero-order valence-electron chi connectivity index (χ0n) is 6.22. The number of furan rings is 1. The molecule has 0 N–H and O–H groups in total. The lowest BCUT2D eigenvalue weighted by Crippen LogP contribution is -1.83. The van der Waals surface area contributed by atoms with E-state index in [1.807, 2.05) is 6.92 Å². The average Bonchev–Trinajstić information content (AvgIpc) is 2.54. The van der Waals surface area contributed by atoms with E-state index in [0.29, 0.717) is 5.76 Å². The molecule has 0 bridgehead atoms. The molecule has 0 atom stereocenters. The van der Waals surface area contributed by atoms with Gasteiger partial charge < -0.3 is 4.42 Å². The second-order valence-corrected chi connectivity index (χ2v) is 3.65. The van der Waals surface area contributed by atoms with Crippen LogP contribution in [0.15, 0.2) is 9.31 Å². The third kappa shape index (κ3) is 0.913. The lowest BCUT2D eigenvalue weighted by atomic mass is 10.2. The molecule has 2 nitrogen and oxygen atoms in total. The molecule has 2 heterocycles. The van der Waals surface area contributed by atoms with Gasteiger partial charge in [-0.2, -0.15) is 0 Å². The van der Waals surface area contributed by atoms with Gasteiger partial charge >= 0.3 is 0 Å². The fourth-order valence-electron chi connectivity index (χ4n) is 1.37. The van der Waals surface area contributed by atoms with Crippen LogP contribution in [0.5, 0.6) is 0 Å². The molecule has 0 spiro atoms. The topological polar surface area (TPSA) is 30.2 Å². The Kier molecular flexibility index (Phi) is 1.53. The van der Waals surface area contributed by atoms with E-state index in [0.717, 1.165) is 29.8 Å². The van der Waals surface area contributed by atoms with Crippen molar-refractivity contribution in [2.45, 2.75) is 18.2 Å². The molecule has 1 aromatic rings. The normalized spacial score (nSPS) is 15.0. The molecule has 58 valence electrons. The SMILES string of the molecule is Cc1oc(C=O)c2c1SCC2. The summed E-state index contributed by atoms with van der Waals surface area (Å²) >= 11 is 1.78. The van der Waals surface area contributed by atoms with Gasteiger partial charge in [0.1, 0.15) is 5.76 Å². The van der Waals surface area contributed by atoms with Crippen LogP contribution in [-0.4, -0.2) is 12.0 Å². The van der Waals surface area contributed by atoms with Crippen molar-refractivity contribution in [2.24, 2.45) is 0 Å². The number of carbonyl (C=O) groups is 1. The van der Waals surface area contributed by atoms with Gasteiger partial charge in [-0.1, -0.05) is 0 Å². The summed E-state index contributed by atoms with van der Waals surface area (Å²) in [6.45, 7) is 1.91. The fraction of sp³-hybridized carbons (Fsp3) is 0.375. The molecule has 3 heteroatoms. The number of thioether (sulfide) groups is 1. The smallest absolute Gasteiger partial charge is 0.185 e. The number of hydrogen-bond donors (Lipinski definition) is 0. The summed E-state index contributed by atoms with van der Waals surface area (Å²) in [5.74, 6) is 2.51. The maximum Gasteiger partial charge on any atom is 0.185 e. The molecular formula is C8H8O2S. The number of aldehydes is 1. The van der Waals surface area contributed by atoms with Crippen LogP contribution in [0.25, 0.3) is 0 Å². The van der Waals surface area contributed by atoms with Crippen LogP contribution >= 0.6 is 11.8 Å². The van der Waals surface area contributed by atoms with Crippen LogP contribution in [0.4, 0.5) is 0 Å². The van der Waals surface area contributed by atoms with Crippen LogP contribution in [-0.2, 0) is 6.42 Å². The number of rotatable bonds is 1. The first-order chi connectivity index (χ1) is 5.33. The van der Waals surface area contributed by atoms with Crippen molar-refractivity contribution < 1.29 is 9.21 Å². The fourth-order valence-corrected chi connectivity index (χ4v) is 2.51. The predicted molar refractivity (Wildman–Crippen MR) is 43.3 cm³/mol. The van der Waals surface area contributed by atoms with Crippen LogP contribution in [0.3, 0.4) is 0 Å². The second-order valence-electron chi connectivity index (χ2n) is 2.55. The summed E-state index contributed by atoms with van der Waals surface area (Å²) in [6, 6.07) is 0. The molecule has 11 heavy (non-hydrogen) atoms.